The van der Waals surface area contributed by atoms with Crippen molar-refractivity contribution in [3.63, 3.8) is 0 Å². The summed E-state index contributed by atoms with van der Waals surface area (Å²) in [4.78, 5) is 36.5. The normalized spacial score (nSPS) is 38.6. The van der Waals surface area contributed by atoms with Crippen LogP contribution in [-0.4, -0.2) is 17.9 Å². The summed E-state index contributed by atoms with van der Waals surface area (Å²) < 4.78 is 0. The highest BCUT2D eigenvalue weighted by molar-refractivity contribution is 6.04. The maximum atomic E-state index is 12.6. The van der Waals surface area contributed by atoms with Gasteiger partial charge < -0.3 is 4.79 Å². The van der Waals surface area contributed by atoms with Crippen LogP contribution in [0.5, 0.6) is 0 Å². The Morgan fingerprint density at radius 3 is 2.57 bits per heavy atom. The third-order valence-electron chi connectivity index (χ3n) is 6.33. The largest absolute Gasteiger partial charge is 0.302 e. The lowest BCUT2D eigenvalue weighted by Gasteiger charge is -2.57. The molecule has 3 aliphatic rings. The van der Waals surface area contributed by atoms with E-state index in [1.54, 1.807) is 12.2 Å². The molecule has 4 heteroatoms. The molecule has 0 aromatic carbocycles. The van der Waals surface area contributed by atoms with Gasteiger partial charge in [0, 0.05) is 22.7 Å². The summed E-state index contributed by atoms with van der Waals surface area (Å²) >= 11 is 0. The predicted molar refractivity (Wildman–Crippen MR) is 84.1 cm³/mol. The van der Waals surface area contributed by atoms with Crippen LogP contribution >= 0.6 is 0 Å². The number of hydrogen-bond acceptors (Lipinski definition) is 4. The Balaban J connectivity index is 2.28. The molecule has 0 saturated heterocycles. The van der Waals surface area contributed by atoms with Gasteiger partial charge in [-0.15, -0.1) is 0 Å². The van der Waals surface area contributed by atoms with Crippen molar-refractivity contribution < 1.29 is 14.4 Å². The predicted octanol–water partition coefficient (Wildman–Crippen LogP) is 2.94. The smallest absolute Gasteiger partial charge is 0.178 e. The molecular weight excluding hydrogens is 290 g/mol. The van der Waals surface area contributed by atoms with E-state index in [0.717, 1.165) is 18.3 Å². The monoisotopic (exact) mass is 311 g/mol. The van der Waals surface area contributed by atoms with Gasteiger partial charge in [0.25, 0.3) is 0 Å². The molecular formula is C19H21NO3. The van der Waals surface area contributed by atoms with Crippen molar-refractivity contribution in [2.45, 2.75) is 46.5 Å². The summed E-state index contributed by atoms with van der Waals surface area (Å²) in [6.07, 6.45) is 6.65. The molecule has 1 unspecified atom stereocenters. The second-order valence-corrected chi connectivity index (χ2v) is 7.89. The van der Waals surface area contributed by atoms with Crippen LogP contribution in [0.25, 0.3) is 0 Å². The van der Waals surface area contributed by atoms with Crippen LogP contribution in [0.4, 0.5) is 0 Å². The molecule has 0 aromatic heterocycles. The number of nitrogens with zero attached hydrogens (tertiary/aromatic N) is 1. The average Bonchev–Trinajstić information content (AvgIpc) is 2.52. The number of fused-ring (bicyclic) bond motifs is 3. The number of ketones is 2. The summed E-state index contributed by atoms with van der Waals surface area (Å²) in [6.45, 7) is 5.73. The zero-order valence-electron chi connectivity index (χ0n) is 13.8. The average molecular weight is 311 g/mol. The minimum atomic E-state index is -0.676. The van der Waals surface area contributed by atoms with Gasteiger partial charge in [-0.3, -0.25) is 9.59 Å². The summed E-state index contributed by atoms with van der Waals surface area (Å²) in [6, 6.07) is 2.02. The lowest BCUT2D eigenvalue weighted by atomic mass is 9.45. The van der Waals surface area contributed by atoms with Gasteiger partial charge in [0.2, 0.25) is 0 Å². The van der Waals surface area contributed by atoms with Gasteiger partial charge in [-0.2, -0.15) is 5.26 Å². The third kappa shape index (κ3) is 1.92. The van der Waals surface area contributed by atoms with Crippen LogP contribution in [0, 0.1) is 33.5 Å². The number of aldehydes is 1. The first-order valence-corrected chi connectivity index (χ1v) is 8.11. The second kappa shape index (κ2) is 4.74. The summed E-state index contributed by atoms with van der Waals surface area (Å²) in [7, 11) is 0. The lowest BCUT2D eigenvalue weighted by Crippen LogP contribution is -2.54. The molecule has 0 radical (unpaired) electrons. The summed E-state index contributed by atoms with van der Waals surface area (Å²) in [5.41, 5.74) is -0.940. The van der Waals surface area contributed by atoms with E-state index < -0.39 is 16.2 Å². The Morgan fingerprint density at radius 2 is 1.96 bits per heavy atom. The molecule has 0 N–H and O–H groups in total. The van der Waals surface area contributed by atoms with Crippen molar-refractivity contribution in [3.8, 4) is 6.07 Å². The Hall–Kier alpha value is -2.02. The highest BCUT2D eigenvalue weighted by Crippen LogP contribution is 2.63. The van der Waals surface area contributed by atoms with Gasteiger partial charge in [0.05, 0.1) is 5.57 Å². The molecule has 0 spiro atoms. The molecule has 3 aliphatic carbocycles. The van der Waals surface area contributed by atoms with Crippen LogP contribution in [0.3, 0.4) is 0 Å². The van der Waals surface area contributed by atoms with Crippen LogP contribution in [0.1, 0.15) is 46.5 Å². The molecule has 4 nitrogen and oxygen atoms in total. The van der Waals surface area contributed by atoms with Crippen molar-refractivity contribution >= 4 is 17.9 Å². The van der Waals surface area contributed by atoms with E-state index in [1.165, 1.54) is 0 Å². The van der Waals surface area contributed by atoms with Crippen molar-refractivity contribution in [1.82, 2.24) is 0 Å². The van der Waals surface area contributed by atoms with E-state index in [0.29, 0.717) is 19.3 Å². The topological polar surface area (TPSA) is 75.0 Å². The zero-order chi connectivity index (χ0) is 17.0. The molecule has 23 heavy (non-hydrogen) atoms. The van der Waals surface area contributed by atoms with Crippen LogP contribution in [0.15, 0.2) is 23.3 Å². The maximum Gasteiger partial charge on any atom is 0.178 e. The van der Waals surface area contributed by atoms with E-state index in [9.17, 15) is 19.6 Å². The summed E-state index contributed by atoms with van der Waals surface area (Å²) in [5, 5.41) is 9.37. The van der Waals surface area contributed by atoms with Gasteiger partial charge in [-0.05, 0) is 36.8 Å². The Morgan fingerprint density at radius 1 is 1.26 bits per heavy atom. The summed E-state index contributed by atoms with van der Waals surface area (Å²) in [5.74, 6) is -0.116. The Bertz CT molecular complexity index is 721. The first kappa shape index (κ1) is 15.9. The maximum absolute atomic E-state index is 12.6. The molecule has 0 amide bonds. The molecule has 1 fully saturated rings. The molecule has 1 saturated carbocycles. The van der Waals surface area contributed by atoms with Crippen LogP contribution < -0.4 is 0 Å². The molecule has 120 valence electrons. The minimum Gasteiger partial charge on any atom is -0.302 e. The fraction of sp³-hybridized carbons (Fsp3) is 0.579. The van der Waals surface area contributed by atoms with Crippen LogP contribution in [0.2, 0.25) is 0 Å². The van der Waals surface area contributed by atoms with Gasteiger partial charge in [-0.1, -0.05) is 26.8 Å². The number of rotatable bonds is 1. The van der Waals surface area contributed by atoms with Crippen LogP contribution in [-0.2, 0) is 14.4 Å². The van der Waals surface area contributed by atoms with Gasteiger partial charge in [0.1, 0.15) is 12.4 Å². The number of Topliss-reactive ketones (excluding diaryl/α,β-unsaturated/α-hetero) is 1. The highest BCUT2D eigenvalue weighted by atomic mass is 16.1. The van der Waals surface area contributed by atoms with E-state index in [4.69, 9.17) is 0 Å². The Kier molecular flexibility index (Phi) is 3.27. The number of allylic oxidation sites excluding steroid dienone is 4. The number of hydrogen-bond donors (Lipinski definition) is 0. The fourth-order valence-electron chi connectivity index (χ4n) is 5.12. The molecule has 0 heterocycles. The minimum absolute atomic E-state index is 0.00942. The first-order chi connectivity index (χ1) is 10.7. The quantitative estimate of drug-likeness (QED) is 0.698. The van der Waals surface area contributed by atoms with Crippen molar-refractivity contribution in [1.29, 1.82) is 5.26 Å². The molecule has 0 aliphatic heterocycles. The van der Waals surface area contributed by atoms with E-state index in [1.807, 2.05) is 26.8 Å². The fourth-order valence-corrected chi connectivity index (χ4v) is 5.12. The second-order valence-electron chi connectivity index (χ2n) is 7.89. The number of nitriles is 1. The van der Waals surface area contributed by atoms with Crippen molar-refractivity contribution in [3.05, 3.63) is 23.3 Å². The van der Waals surface area contributed by atoms with Gasteiger partial charge in [-0.25, -0.2) is 0 Å². The zero-order valence-corrected chi connectivity index (χ0v) is 13.8. The van der Waals surface area contributed by atoms with Gasteiger partial charge in [0.15, 0.2) is 11.6 Å². The molecule has 0 bridgehead atoms. The van der Waals surface area contributed by atoms with Crippen molar-refractivity contribution in [2.24, 2.45) is 22.2 Å². The standard InChI is InChI=1S/C19H21NO3/c1-17(2)14-5-7-19(11-21)6-4-13(22)8-15(19)18(14,3)9-12(10-20)16(17)23/h8-9,11,14H,4-7H2,1-3H3/t14-,18?,19+/m0/s1. The molecule has 3 atom stereocenters. The molecule has 0 aromatic rings. The van der Waals surface area contributed by atoms with E-state index in [2.05, 4.69) is 0 Å². The van der Waals surface area contributed by atoms with E-state index in [-0.39, 0.29) is 23.1 Å². The molecule has 3 rings (SSSR count). The number of carbonyl (C=O) groups is 3. The van der Waals surface area contributed by atoms with Gasteiger partial charge >= 0.3 is 0 Å². The first-order valence-electron chi connectivity index (χ1n) is 8.11. The van der Waals surface area contributed by atoms with E-state index >= 15 is 0 Å². The Labute approximate surface area is 136 Å². The lowest BCUT2D eigenvalue weighted by molar-refractivity contribution is -0.132. The number of carbonyl (C=O) groups excluding carboxylic acids is 3. The highest BCUT2D eigenvalue weighted by Gasteiger charge is 2.59. The SMILES string of the molecule is CC1(C)C(=O)C(C#N)=CC2(C)C3=CC(=O)CC[C@]3(C=O)CC[C@@H]12. The third-order valence-corrected chi connectivity index (χ3v) is 6.33. The van der Waals surface area contributed by atoms with Crippen molar-refractivity contribution in [2.75, 3.05) is 0 Å².